The number of likely N-dealkylation sites (tertiary alicyclic amines) is 1. The highest BCUT2D eigenvalue weighted by molar-refractivity contribution is 7.92. The van der Waals surface area contributed by atoms with Crippen LogP contribution < -0.4 is 10.0 Å². The van der Waals surface area contributed by atoms with E-state index in [1.54, 1.807) is 18.2 Å². The number of halogens is 1. The Balaban J connectivity index is 1.32. The van der Waals surface area contributed by atoms with E-state index in [4.69, 9.17) is 4.74 Å². The Morgan fingerprint density at radius 2 is 1.77 bits per heavy atom. The summed E-state index contributed by atoms with van der Waals surface area (Å²) < 4.78 is 47.5. The Morgan fingerprint density at radius 1 is 1.10 bits per heavy atom. The third-order valence-electron chi connectivity index (χ3n) is 7.97. The molecule has 208 valence electrons. The number of amides is 2. The summed E-state index contributed by atoms with van der Waals surface area (Å²) in [6.07, 6.45) is 1.80. The predicted molar refractivity (Wildman–Crippen MR) is 141 cm³/mol. The molecule has 1 aliphatic carbocycles. The smallest absolute Gasteiger partial charge is 0.261 e. The molecule has 2 N–H and O–H groups in total. The topological polar surface area (TPSA) is 122 Å². The lowest BCUT2D eigenvalue weighted by Crippen LogP contribution is -2.53. The quantitative estimate of drug-likeness (QED) is 0.515. The van der Waals surface area contributed by atoms with E-state index in [0.717, 1.165) is 25.7 Å². The largest absolute Gasteiger partial charge is 0.365 e. The highest BCUT2D eigenvalue weighted by atomic mass is 32.2. The van der Waals surface area contributed by atoms with Gasteiger partial charge in [-0.1, -0.05) is 38.0 Å². The van der Waals surface area contributed by atoms with Crippen LogP contribution in [-0.2, 0) is 24.3 Å². The van der Waals surface area contributed by atoms with E-state index in [-0.39, 0.29) is 40.5 Å². The van der Waals surface area contributed by atoms with Gasteiger partial charge in [0.05, 0.1) is 11.4 Å². The molecule has 1 saturated carbocycles. The van der Waals surface area contributed by atoms with Gasteiger partial charge in [-0.25, -0.2) is 12.8 Å². The number of nitrogens with one attached hydrogen (secondary N) is 2. The molecule has 2 aromatic carbocycles. The fourth-order valence-corrected chi connectivity index (χ4v) is 6.97. The molecule has 0 unspecified atom stereocenters. The van der Waals surface area contributed by atoms with Gasteiger partial charge >= 0.3 is 0 Å². The van der Waals surface area contributed by atoms with Crippen molar-refractivity contribution in [2.24, 2.45) is 5.41 Å². The zero-order chi connectivity index (χ0) is 27.8. The number of nitrogens with zero attached hydrogens (tertiary/aromatic N) is 1. The number of ketones is 1. The van der Waals surface area contributed by atoms with Crippen molar-refractivity contribution in [2.45, 2.75) is 68.3 Å². The third kappa shape index (κ3) is 5.69. The molecule has 2 aliphatic heterocycles. The van der Waals surface area contributed by atoms with Gasteiger partial charge in [0.25, 0.3) is 15.9 Å². The summed E-state index contributed by atoms with van der Waals surface area (Å²) in [7, 11) is -3.79. The molecule has 9 nitrogen and oxygen atoms in total. The third-order valence-corrected chi connectivity index (χ3v) is 9.37. The van der Waals surface area contributed by atoms with Crippen LogP contribution in [0, 0.1) is 5.41 Å². The molecule has 2 amide bonds. The molecule has 4 atom stereocenters. The molecule has 0 aromatic heterocycles. The summed E-state index contributed by atoms with van der Waals surface area (Å²) in [6, 6.07) is 11.9. The molecule has 0 radical (unpaired) electrons. The van der Waals surface area contributed by atoms with E-state index >= 15 is 0 Å². The maximum absolute atomic E-state index is 14.6. The van der Waals surface area contributed by atoms with E-state index in [1.165, 1.54) is 41.3 Å². The zero-order valence-electron chi connectivity index (χ0n) is 21.6. The van der Waals surface area contributed by atoms with Crippen LogP contribution in [0.2, 0.25) is 0 Å². The fraction of sp³-hybridized carbons (Fsp3) is 0.464. The first-order valence-corrected chi connectivity index (χ1v) is 14.6. The number of ether oxygens (including phenoxy) is 1. The maximum atomic E-state index is 14.6. The second kappa shape index (κ2) is 10.7. The highest BCUT2D eigenvalue weighted by Gasteiger charge is 2.54. The minimum absolute atomic E-state index is 0.111. The summed E-state index contributed by atoms with van der Waals surface area (Å²) in [5, 5.41) is 2.82. The number of hydrogen-bond donors (Lipinski definition) is 2. The molecule has 2 aromatic rings. The lowest BCUT2D eigenvalue weighted by atomic mass is 9.81. The van der Waals surface area contributed by atoms with Crippen molar-refractivity contribution in [3.05, 3.63) is 60.2 Å². The molecule has 2 saturated heterocycles. The van der Waals surface area contributed by atoms with Crippen LogP contribution in [0.25, 0.3) is 0 Å². The first-order valence-electron chi connectivity index (χ1n) is 13.1. The minimum atomic E-state index is -3.79. The highest BCUT2D eigenvalue weighted by Crippen LogP contribution is 2.42. The van der Waals surface area contributed by atoms with Crippen molar-refractivity contribution in [3.8, 4) is 0 Å². The average molecular weight is 558 g/mol. The number of benzene rings is 2. The molecule has 2 heterocycles. The van der Waals surface area contributed by atoms with Crippen LogP contribution in [-0.4, -0.2) is 68.4 Å². The number of fused-ring (bicyclic) bond motifs is 1. The van der Waals surface area contributed by atoms with E-state index < -0.39 is 46.2 Å². The predicted octanol–water partition coefficient (Wildman–Crippen LogP) is 3.07. The van der Waals surface area contributed by atoms with Crippen molar-refractivity contribution in [3.63, 3.8) is 0 Å². The molecule has 0 spiro atoms. The molecule has 0 bridgehead atoms. The van der Waals surface area contributed by atoms with Crippen LogP contribution in [0.4, 0.5) is 10.1 Å². The Labute approximate surface area is 227 Å². The maximum Gasteiger partial charge on any atom is 0.261 e. The Kier molecular flexibility index (Phi) is 7.47. The molecule has 39 heavy (non-hydrogen) atoms. The van der Waals surface area contributed by atoms with Crippen LogP contribution in [0.5, 0.6) is 0 Å². The normalized spacial score (nSPS) is 24.8. The van der Waals surface area contributed by atoms with Crippen LogP contribution in [0.15, 0.2) is 59.5 Å². The summed E-state index contributed by atoms with van der Waals surface area (Å²) in [5.41, 5.74) is 0.339. The van der Waals surface area contributed by atoms with Gasteiger partial charge in [-0.05, 0) is 61.1 Å². The van der Waals surface area contributed by atoms with Gasteiger partial charge in [-0.2, -0.15) is 0 Å². The van der Waals surface area contributed by atoms with E-state index in [9.17, 15) is 27.2 Å². The zero-order valence-corrected chi connectivity index (χ0v) is 22.5. The van der Waals surface area contributed by atoms with E-state index in [2.05, 4.69) is 17.0 Å². The monoisotopic (exact) mass is 557 g/mol. The number of rotatable bonds is 8. The number of carbonyl (C=O) groups is 3. The molecule has 11 heteroatoms. The summed E-state index contributed by atoms with van der Waals surface area (Å²) in [4.78, 5) is 40.7. The first-order chi connectivity index (χ1) is 18.6. The average Bonchev–Trinajstić information content (AvgIpc) is 3.61. The molecular formula is C28H32FN3O6S. The van der Waals surface area contributed by atoms with Gasteiger partial charge in [0.1, 0.15) is 31.0 Å². The van der Waals surface area contributed by atoms with Crippen molar-refractivity contribution in [2.75, 3.05) is 17.9 Å². The molecular weight excluding hydrogens is 525 g/mol. The number of hydrogen-bond acceptors (Lipinski definition) is 6. The van der Waals surface area contributed by atoms with Crippen LogP contribution >= 0.6 is 0 Å². The van der Waals surface area contributed by atoms with Gasteiger partial charge < -0.3 is 15.0 Å². The van der Waals surface area contributed by atoms with Crippen molar-refractivity contribution < 1.29 is 31.9 Å². The standard InChI is InChI=1S/C28H32FN3O6S/c1-28(13-5-6-14-28)15-22(27(35)32-16-21(29)25-24(32)23(33)17-38-25)30-26(34)18-9-11-19(12-10-18)31-39(36,37)20-7-3-2-4-8-20/h2-4,7-12,21-22,24-25,31H,5-6,13-17H2,1H3,(H,30,34)/t21-,22-,24+,25+/m0/s1. The summed E-state index contributed by atoms with van der Waals surface area (Å²) in [6.45, 7) is 1.60. The summed E-state index contributed by atoms with van der Waals surface area (Å²) in [5.74, 6) is -1.34. The van der Waals surface area contributed by atoms with Crippen molar-refractivity contribution in [1.29, 1.82) is 0 Å². The van der Waals surface area contributed by atoms with Crippen LogP contribution in [0.3, 0.4) is 0 Å². The van der Waals surface area contributed by atoms with Crippen molar-refractivity contribution in [1.82, 2.24) is 10.2 Å². The SMILES string of the molecule is CC1(C[C@H](NC(=O)c2ccc(NS(=O)(=O)c3ccccc3)cc2)C(=O)N2C[C@H](F)[C@H]3OCC(=O)[C@H]32)CCCC1. The van der Waals surface area contributed by atoms with Gasteiger partial charge in [0.15, 0.2) is 5.78 Å². The summed E-state index contributed by atoms with van der Waals surface area (Å²) >= 11 is 0. The van der Waals surface area contributed by atoms with E-state index in [1.807, 2.05) is 0 Å². The second-order valence-corrected chi connectivity index (χ2v) is 12.6. The minimum Gasteiger partial charge on any atom is -0.365 e. The molecule has 3 fully saturated rings. The first kappa shape index (κ1) is 27.3. The second-order valence-electron chi connectivity index (χ2n) is 10.9. The Hall–Kier alpha value is -3.31. The Bertz CT molecular complexity index is 1350. The molecule has 3 aliphatic rings. The van der Waals surface area contributed by atoms with Crippen molar-refractivity contribution >= 4 is 33.3 Å². The van der Waals surface area contributed by atoms with E-state index in [0.29, 0.717) is 6.42 Å². The number of carbonyl (C=O) groups excluding carboxylic acids is 3. The van der Waals surface area contributed by atoms with Gasteiger partial charge in [-0.15, -0.1) is 0 Å². The van der Waals surface area contributed by atoms with Gasteiger partial charge in [0.2, 0.25) is 5.91 Å². The Morgan fingerprint density at radius 3 is 2.44 bits per heavy atom. The fourth-order valence-electron chi connectivity index (χ4n) is 5.89. The van der Waals surface area contributed by atoms with Crippen LogP contribution in [0.1, 0.15) is 49.4 Å². The molecule has 5 rings (SSSR count). The number of anilines is 1. The number of alkyl halides is 1. The number of sulfonamides is 1. The lowest BCUT2D eigenvalue weighted by Gasteiger charge is -2.32. The van der Waals surface area contributed by atoms with Gasteiger partial charge in [-0.3, -0.25) is 19.1 Å². The number of Topliss-reactive ketones (excluding diaryl/α,β-unsaturated/α-hetero) is 1. The lowest BCUT2D eigenvalue weighted by molar-refractivity contribution is -0.138. The van der Waals surface area contributed by atoms with Gasteiger partial charge in [0, 0.05) is 11.3 Å².